The van der Waals surface area contributed by atoms with Crippen molar-refractivity contribution >= 4 is 12.0 Å². The molecule has 0 aromatic heterocycles. The fourth-order valence-corrected chi connectivity index (χ4v) is 1.56. The van der Waals surface area contributed by atoms with Gasteiger partial charge in [-0.2, -0.15) is 0 Å². The fraction of sp³-hybridized carbons (Fsp3) is 0.357. The Hall–Kier alpha value is -1.85. The van der Waals surface area contributed by atoms with Crippen LogP contribution in [0.1, 0.15) is 12.0 Å². The largest absolute Gasteiger partial charge is 0.508 e. The molecule has 0 fully saturated rings. The summed E-state index contributed by atoms with van der Waals surface area (Å²) in [5, 5.41) is 20.7. The SMILES string of the molecule is COCC(CCO)NC(=O)/C=C/c1ccc(O)cc1. The van der Waals surface area contributed by atoms with E-state index in [9.17, 15) is 4.79 Å². The number of hydrogen-bond acceptors (Lipinski definition) is 4. The van der Waals surface area contributed by atoms with Crippen molar-refractivity contribution in [2.75, 3.05) is 20.3 Å². The van der Waals surface area contributed by atoms with Crippen molar-refractivity contribution in [1.29, 1.82) is 0 Å². The van der Waals surface area contributed by atoms with Crippen LogP contribution in [0.5, 0.6) is 5.75 Å². The molecule has 3 N–H and O–H groups in total. The maximum absolute atomic E-state index is 11.7. The third kappa shape index (κ3) is 6.03. The van der Waals surface area contributed by atoms with Crippen LogP contribution in [0, 0.1) is 0 Å². The van der Waals surface area contributed by atoms with Crippen molar-refractivity contribution in [1.82, 2.24) is 5.32 Å². The summed E-state index contributed by atoms with van der Waals surface area (Å²) in [5.41, 5.74) is 0.818. The number of aromatic hydroxyl groups is 1. The summed E-state index contributed by atoms with van der Waals surface area (Å²) < 4.78 is 4.96. The van der Waals surface area contributed by atoms with Crippen LogP contribution in [0.4, 0.5) is 0 Å². The molecule has 1 amide bonds. The van der Waals surface area contributed by atoms with Gasteiger partial charge in [-0.15, -0.1) is 0 Å². The molecular weight excluding hydrogens is 246 g/mol. The van der Waals surface area contributed by atoms with Crippen molar-refractivity contribution in [3.63, 3.8) is 0 Å². The van der Waals surface area contributed by atoms with Crippen LogP contribution in [0.3, 0.4) is 0 Å². The topological polar surface area (TPSA) is 78.8 Å². The quantitative estimate of drug-likeness (QED) is 0.641. The lowest BCUT2D eigenvalue weighted by Crippen LogP contribution is -2.37. The number of amides is 1. The molecular formula is C14H19NO4. The molecule has 0 saturated heterocycles. The fourth-order valence-electron chi connectivity index (χ4n) is 1.56. The van der Waals surface area contributed by atoms with E-state index in [0.29, 0.717) is 13.0 Å². The monoisotopic (exact) mass is 265 g/mol. The second-order valence-electron chi connectivity index (χ2n) is 4.10. The predicted octanol–water partition coefficient (Wildman–Crippen LogP) is 0.919. The number of methoxy groups -OCH3 is 1. The number of carbonyl (C=O) groups excluding carboxylic acids is 1. The number of aliphatic hydroxyl groups excluding tert-OH is 1. The molecule has 19 heavy (non-hydrogen) atoms. The number of aliphatic hydroxyl groups is 1. The minimum atomic E-state index is -0.247. The Balaban J connectivity index is 2.51. The standard InChI is InChI=1S/C14H19NO4/c1-19-10-12(8-9-16)15-14(18)7-4-11-2-5-13(17)6-3-11/h2-7,12,16-17H,8-10H2,1H3,(H,15,18)/b7-4+. The molecule has 0 spiro atoms. The number of phenols is 1. The first-order valence-electron chi connectivity index (χ1n) is 6.03. The number of ether oxygens (including phenoxy) is 1. The number of benzene rings is 1. The Labute approximate surface area is 112 Å². The zero-order valence-corrected chi connectivity index (χ0v) is 10.9. The predicted molar refractivity (Wildman–Crippen MR) is 72.7 cm³/mol. The zero-order valence-electron chi connectivity index (χ0n) is 10.9. The number of phenolic OH excluding ortho intramolecular Hbond substituents is 1. The Morgan fingerprint density at radius 2 is 2.11 bits per heavy atom. The maximum Gasteiger partial charge on any atom is 0.244 e. The van der Waals surface area contributed by atoms with Gasteiger partial charge in [-0.1, -0.05) is 12.1 Å². The van der Waals surface area contributed by atoms with Crippen molar-refractivity contribution in [3.8, 4) is 5.75 Å². The zero-order chi connectivity index (χ0) is 14.1. The maximum atomic E-state index is 11.7. The third-order valence-electron chi connectivity index (χ3n) is 2.51. The summed E-state index contributed by atoms with van der Waals surface area (Å²) in [6, 6.07) is 6.32. The van der Waals surface area contributed by atoms with Gasteiger partial charge in [0.2, 0.25) is 5.91 Å². The van der Waals surface area contributed by atoms with Gasteiger partial charge >= 0.3 is 0 Å². The average molecular weight is 265 g/mol. The first-order chi connectivity index (χ1) is 9.15. The van der Waals surface area contributed by atoms with E-state index in [1.807, 2.05) is 0 Å². The van der Waals surface area contributed by atoms with Gasteiger partial charge in [0.25, 0.3) is 0 Å². The van der Waals surface area contributed by atoms with Gasteiger partial charge in [-0.05, 0) is 30.2 Å². The number of rotatable bonds is 7. The van der Waals surface area contributed by atoms with Crippen LogP contribution >= 0.6 is 0 Å². The molecule has 0 saturated carbocycles. The molecule has 0 aliphatic heterocycles. The summed E-state index contributed by atoms with van der Waals surface area (Å²) in [4.78, 5) is 11.7. The highest BCUT2D eigenvalue weighted by Crippen LogP contribution is 2.10. The summed E-state index contributed by atoms with van der Waals surface area (Å²) in [6.07, 6.45) is 3.51. The van der Waals surface area contributed by atoms with E-state index in [0.717, 1.165) is 5.56 Å². The van der Waals surface area contributed by atoms with Crippen LogP contribution in [0.15, 0.2) is 30.3 Å². The molecule has 0 aliphatic rings. The minimum absolute atomic E-state index is 0.00399. The van der Waals surface area contributed by atoms with Crippen molar-refractivity contribution < 1.29 is 19.7 Å². The molecule has 5 heteroatoms. The van der Waals surface area contributed by atoms with Gasteiger partial charge in [0.1, 0.15) is 5.75 Å². The molecule has 1 rings (SSSR count). The van der Waals surface area contributed by atoms with E-state index in [-0.39, 0.29) is 24.3 Å². The van der Waals surface area contributed by atoms with E-state index in [1.54, 1.807) is 37.5 Å². The molecule has 1 unspecified atom stereocenters. The highest BCUT2D eigenvalue weighted by Gasteiger charge is 2.09. The van der Waals surface area contributed by atoms with Crippen LogP contribution in [-0.4, -0.2) is 42.5 Å². The van der Waals surface area contributed by atoms with Crippen molar-refractivity contribution in [2.24, 2.45) is 0 Å². The Kier molecular flexibility index (Phi) is 6.63. The lowest BCUT2D eigenvalue weighted by atomic mass is 10.2. The van der Waals surface area contributed by atoms with Gasteiger partial charge < -0.3 is 20.3 Å². The van der Waals surface area contributed by atoms with Gasteiger partial charge in [-0.25, -0.2) is 0 Å². The van der Waals surface area contributed by atoms with E-state index < -0.39 is 0 Å². The second kappa shape index (κ2) is 8.29. The lowest BCUT2D eigenvalue weighted by Gasteiger charge is -2.15. The van der Waals surface area contributed by atoms with Crippen LogP contribution < -0.4 is 5.32 Å². The van der Waals surface area contributed by atoms with Gasteiger partial charge in [0.15, 0.2) is 0 Å². The number of nitrogens with one attached hydrogen (secondary N) is 1. The third-order valence-corrected chi connectivity index (χ3v) is 2.51. The highest BCUT2D eigenvalue weighted by molar-refractivity contribution is 5.91. The summed E-state index contributed by atoms with van der Waals surface area (Å²) >= 11 is 0. The molecule has 104 valence electrons. The van der Waals surface area contributed by atoms with Crippen molar-refractivity contribution in [2.45, 2.75) is 12.5 Å². The van der Waals surface area contributed by atoms with Crippen LogP contribution in [0.2, 0.25) is 0 Å². The van der Waals surface area contributed by atoms with Gasteiger partial charge in [0.05, 0.1) is 12.6 Å². The van der Waals surface area contributed by atoms with Gasteiger partial charge in [-0.3, -0.25) is 4.79 Å². The first kappa shape index (κ1) is 15.2. The Bertz CT molecular complexity index is 408. The number of carbonyl (C=O) groups is 1. The van der Waals surface area contributed by atoms with E-state index in [2.05, 4.69) is 5.32 Å². The molecule has 0 aliphatic carbocycles. The van der Waals surface area contributed by atoms with Crippen LogP contribution in [-0.2, 0) is 9.53 Å². The number of hydrogen-bond donors (Lipinski definition) is 3. The van der Waals surface area contributed by atoms with Crippen LogP contribution in [0.25, 0.3) is 6.08 Å². The molecule has 1 aromatic rings. The van der Waals surface area contributed by atoms with E-state index >= 15 is 0 Å². The first-order valence-corrected chi connectivity index (χ1v) is 6.03. The van der Waals surface area contributed by atoms with E-state index in [1.165, 1.54) is 6.08 Å². The smallest absolute Gasteiger partial charge is 0.244 e. The van der Waals surface area contributed by atoms with Gasteiger partial charge in [0, 0.05) is 19.8 Å². The summed E-state index contributed by atoms with van der Waals surface area (Å²) in [6.45, 7) is 0.356. The molecule has 0 bridgehead atoms. The molecule has 0 radical (unpaired) electrons. The van der Waals surface area contributed by atoms with E-state index in [4.69, 9.17) is 14.9 Å². The minimum Gasteiger partial charge on any atom is -0.508 e. The Morgan fingerprint density at radius 1 is 1.42 bits per heavy atom. The highest BCUT2D eigenvalue weighted by atomic mass is 16.5. The molecule has 5 nitrogen and oxygen atoms in total. The average Bonchev–Trinajstić information content (AvgIpc) is 2.39. The van der Waals surface area contributed by atoms with Crippen molar-refractivity contribution in [3.05, 3.63) is 35.9 Å². The molecule has 1 atom stereocenters. The summed E-state index contributed by atoms with van der Waals surface area (Å²) in [5.74, 6) is -0.0618. The molecule has 1 aromatic carbocycles. The summed E-state index contributed by atoms with van der Waals surface area (Å²) in [7, 11) is 1.54. The lowest BCUT2D eigenvalue weighted by molar-refractivity contribution is -0.117. The molecule has 0 heterocycles. The Morgan fingerprint density at radius 3 is 2.68 bits per heavy atom. The normalized spacial score (nSPS) is 12.5. The second-order valence-corrected chi connectivity index (χ2v) is 4.10.